The van der Waals surface area contributed by atoms with Crippen LogP contribution in [0.5, 0.6) is 0 Å². The van der Waals surface area contributed by atoms with Crippen LogP contribution in [0.4, 0.5) is 5.00 Å². The van der Waals surface area contributed by atoms with Crippen LogP contribution >= 0.6 is 11.3 Å². The zero-order valence-electron chi connectivity index (χ0n) is 16.2. The van der Waals surface area contributed by atoms with E-state index in [4.69, 9.17) is 14.6 Å². The largest absolute Gasteiger partial charge is 0.480 e. The van der Waals surface area contributed by atoms with E-state index >= 15 is 0 Å². The summed E-state index contributed by atoms with van der Waals surface area (Å²) in [5.41, 5.74) is 0.383. The molecular weight excluding hydrogens is 402 g/mol. The molecule has 0 bridgehead atoms. The van der Waals surface area contributed by atoms with Gasteiger partial charge in [-0.2, -0.15) is 5.10 Å². The quantitative estimate of drug-likeness (QED) is 0.586. The third kappa shape index (κ3) is 5.41. The summed E-state index contributed by atoms with van der Waals surface area (Å²) in [5, 5.41) is 15.4. The number of carbonyl (C=O) groups is 4. The van der Waals surface area contributed by atoms with Gasteiger partial charge in [-0.1, -0.05) is 6.92 Å². The van der Waals surface area contributed by atoms with Crippen molar-refractivity contribution >= 4 is 40.2 Å². The summed E-state index contributed by atoms with van der Waals surface area (Å²) in [7, 11) is 0. The first-order chi connectivity index (χ1) is 13.8. The van der Waals surface area contributed by atoms with Gasteiger partial charge in [-0.05, 0) is 31.9 Å². The monoisotopic (exact) mass is 423 g/mol. The van der Waals surface area contributed by atoms with Crippen LogP contribution in [0.1, 0.15) is 56.3 Å². The molecule has 0 fully saturated rings. The van der Waals surface area contributed by atoms with Crippen molar-refractivity contribution in [2.24, 2.45) is 0 Å². The van der Waals surface area contributed by atoms with E-state index in [1.54, 1.807) is 13.8 Å². The van der Waals surface area contributed by atoms with E-state index in [9.17, 15) is 19.2 Å². The summed E-state index contributed by atoms with van der Waals surface area (Å²) in [5.74, 6) is -3.03. The maximum Gasteiger partial charge on any atom is 0.348 e. The summed E-state index contributed by atoms with van der Waals surface area (Å²) >= 11 is 0.900. The first kappa shape index (κ1) is 22.1. The number of aromatic nitrogens is 2. The van der Waals surface area contributed by atoms with E-state index in [-0.39, 0.29) is 34.3 Å². The molecular formula is C18H21N3O7S. The molecule has 0 atom stereocenters. The van der Waals surface area contributed by atoms with Crippen molar-refractivity contribution in [1.82, 2.24) is 9.78 Å². The van der Waals surface area contributed by atoms with Gasteiger partial charge in [-0.3, -0.25) is 14.3 Å². The molecule has 0 spiro atoms. The van der Waals surface area contributed by atoms with Crippen molar-refractivity contribution in [3.63, 3.8) is 0 Å². The SMILES string of the molecule is CCCOC(=O)c1c(NC(=O)c2ccn(CC(=O)O)n2)sc(C(=O)OCC)c1C. The van der Waals surface area contributed by atoms with E-state index in [0.29, 0.717) is 12.0 Å². The van der Waals surface area contributed by atoms with Crippen LogP contribution in [0, 0.1) is 6.92 Å². The molecule has 11 heteroatoms. The standard InChI is InChI=1S/C18H21N3O7S/c1-4-8-28-17(25)13-10(3)14(18(26)27-5-2)29-16(13)19-15(24)11-6-7-21(20-11)9-12(22)23/h6-7H,4-5,8-9H2,1-3H3,(H,19,24)(H,22,23). The second-order valence-electron chi connectivity index (χ2n) is 5.86. The number of carboxylic acid groups (broad SMARTS) is 1. The Balaban J connectivity index is 2.33. The van der Waals surface area contributed by atoms with Crippen LogP contribution in [-0.2, 0) is 20.8 Å². The molecule has 0 aliphatic heterocycles. The average molecular weight is 423 g/mol. The minimum Gasteiger partial charge on any atom is -0.480 e. The third-order valence-corrected chi connectivity index (χ3v) is 4.83. The normalized spacial score (nSPS) is 10.4. The summed E-state index contributed by atoms with van der Waals surface area (Å²) in [6, 6.07) is 1.35. The minimum atomic E-state index is -1.10. The lowest BCUT2D eigenvalue weighted by atomic mass is 10.1. The first-order valence-electron chi connectivity index (χ1n) is 8.82. The van der Waals surface area contributed by atoms with Crippen molar-refractivity contribution in [2.75, 3.05) is 18.5 Å². The lowest BCUT2D eigenvalue weighted by molar-refractivity contribution is -0.137. The number of carboxylic acids is 1. The predicted molar refractivity (Wildman–Crippen MR) is 103 cm³/mol. The number of hydrogen-bond donors (Lipinski definition) is 2. The zero-order chi connectivity index (χ0) is 21.6. The van der Waals surface area contributed by atoms with Gasteiger partial charge < -0.3 is 19.9 Å². The highest BCUT2D eigenvalue weighted by Gasteiger charge is 2.28. The lowest BCUT2D eigenvalue weighted by Crippen LogP contribution is -2.16. The fourth-order valence-corrected chi connectivity index (χ4v) is 3.47. The molecule has 0 saturated heterocycles. The molecule has 29 heavy (non-hydrogen) atoms. The fraction of sp³-hybridized carbons (Fsp3) is 0.389. The number of ether oxygens (including phenoxy) is 2. The fourth-order valence-electron chi connectivity index (χ4n) is 2.38. The van der Waals surface area contributed by atoms with E-state index in [2.05, 4.69) is 10.4 Å². The second-order valence-corrected chi connectivity index (χ2v) is 6.88. The van der Waals surface area contributed by atoms with E-state index in [1.165, 1.54) is 12.3 Å². The van der Waals surface area contributed by atoms with Crippen LogP contribution in [0.2, 0.25) is 0 Å². The Morgan fingerprint density at radius 2 is 1.93 bits per heavy atom. The molecule has 2 aromatic rings. The summed E-state index contributed by atoms with van der Waals surface area (Å²) in [4.78, 5) is 48.1. The minimum absolute atomic E-state index is 0.0390. The molecule has 1 amide bonds. The van der Waals surface area contributed by atoms with Crippen molar-refractivity contribution < 1.29 is 33.8 Å². The van der Waals surface area contributed by atoms with Crippen LogP contribution < -0.4 is 5.32 Å². The molecule has 0 aliphatic carbocycles. The second kappa shape index (κ2) is 9.82. The Morgan fingerprint density at radius 3 is 2.55 bits per heavy atom. The molecule has 2 rings (SSSR count). The van der Waals surface area contributed by atoms with E-state index < -0.39 is 30.4 Å². The number of thiophene rings is 1. The molecule has 2 aromatic heterocycles. The molecule has 0 aromatic carbocycles. The van der Waals surface area contributed by atoms with Gasteiger partial charge in [0.25, 0.3) is 5.91 Å². The molecule has 0 aliphatic rings. The Labute approximate surface area is 170 Å². The number of anilines is 1. The number of carbonyl (C=O) groups excluding carboxylic acids is 3. The molecule has 156 valence electrons. The van der Waals surface area contributed by atoms with Crippen molar-refractivity contribution in [2.45, 2.75) is 33.7 Å². The number of amides is 1. The highest BCUT2D eigenvalue weighted by molar-refractivity contribution is 7.18. The van der Waals surface area contributed by atoms with Crippen LogP contribution in [0.3, 0.4) is 0 Å². The maximum absolute atomic E-state index is 12.5. The molecule has 0 unspecified atom stereocenters. The Bertz CT molecular complexity index is 932. The smallest absolute Gasteiger partial charge is 0.348 e. The lowest BCUT2D eigenvalue weighted by Gasteiger charge is -2.07. The van der Waals surface area contributed by atoms with Gasteiger partial charge in [0.15, 0.2) is 5.69 Å². The number of nitrogens with zero attached hydrogens (tertiary/aromatic N) is 2. The number of rotatable bonds is 9. The molecule has 0 radical (unpaired) electrons. The predicted octanol–water partition coefficient (Wildman–Crippen LogP) is 2.33. The van der Waals surface area contributed by atoms with Gasteiger partial charge in [0.2, 0.25) is 0 Å². The molecule has 10 nitrogen and oxygen atoms in total. The number of esters is 2. The van der Waals surface area contributed by atoms with Crippen LogP contribution in [-0.4, -0.2) is 51.9 Å². The third-order valence-electron chi connectivity index (χ3n) is 3.65. The molecule has 2 N–H and O–H groups in total. The number of aliphatic carboxylic acids is 1. The van der Waals surface area contributed by atoms with E-state index in [1.807, 2.05) is 6.92 Å². The van der Waals surface area contributed by atoms with Crippen molar-refractivity contribution in [3.8, 4) is 0 Å². The van der Waals surface area contributed by atoms with E-state index in [0.717, 1.165) is 16.0 Å². The molecule has 0 saturated carbocycles. The Hall–Kier alpha value is -3.21. The summed E-state index contributed by atoms with van der Waals surface area (Å²) in [6.07, 6.45) is 1.96. The Kier molecular flexibility index (Phi) is 7.48. The van der Waals surface area contributed by atoms with Gasteiger partial charge in [0.05, 0.1) is 18.8 Å². The summed E-state index contributed by atoms with van der Waals surface area (Å²) < 4.78 is 11.3. The topological polar surface area (TPSA) is 137 Å². The van der Waals surface area contributed by atoms with Crippen LogP contribution in [0.15, 0.2) is 12.3 Å². The van der Waals surface area contributed by atoms with Gasteiger partial charge in [-0.15, -0.1) is 11.3 Å². The van der Waals surface area contributed by atoms with Crippen molar-refractivity contribution in [1.29, 1.82) is 0 Å². The van der Waals surface area contributed by atoms with Gasteiger partial charge >= 0.3 is 17.9 Å². The number of hydrogen-bond acceptors (Lipinski definition) is 8. The Morgan fingerprint density at radius 1 is 1.21 bits per heavy atom. The zero-order valence-corrected chi connectivity index (χ0v) is 17.0. The van der Waals surface area contributed by atoms with Gasteiger partial charge in [-0.25, -0.2) is 9.59 Å². The average Bonchev–Trinajstić information content (AvgIpc) is 3.24. The van der Waals surface area contributed by atoms with Crippen molar-refractivity contribution in [3.05, 3.63) is 34.0 Å². The molecule has 2 heterocycles. The van der Waals surface area contributed by atoms with Crippen LogP contribution in [0.25, 0.3) is 0 Å². The summed E-state index contributed by atoms with van der Waals surface area (Å²) in [6.45, 7) is 5.03. The number of nitrogens with one attached hydrogen (secondary N) is 1. The highest BCUT2D eigenvalue weighted by atomic mass is 32.1. The van der Waals surface area contributed by atoms with Gasteiger partial charge in [0, 0.05) is 6.20 Å². The highest BCUT2D eigenvalue weighted by Crippen LogP contribution is 2.34. The first-order valence-corrected chi connectivity index (χ1v) is 9.64. The van der Waals surface area contributed by atoms with Gasteiger partial charge in [0.1, 0.15) is 16.4 Å². The maximum atomic E-state index is 12.5.